The second-order valence-electron chi connectivity index (χ2n) is 6.09. The number of piperazine rings is 1. The van der Waals surface area contributed by atoms with Crippen LogP contribution in [0.3, 0.4) is 0 Å². The van der Waals surface area contributed by atoms with Gasteiger partial charge in [0.15, 0.2) is 0 Å². The Bertz CT molecular complexity index is 493. The summed E-state index contributed by atoms with van der Waals surface area (Å²) < 4.78 is 0. The van der Waals surface area contributed by atoms with Crippen LogP contribution in [-0.2, 0) is 19.2 Å². The van der Waals surface area contributed by atoms with Crippen LogP contribution in [-0.4, -0.2) is 95.6 Å². The largest absolute Gasteiger partial charge is 0.289 e. The van der Waals surface area contributed by atoms with Gasteiger partial charge in [-0.25, -0.2) is 0 Å². The van der Waals surface area contributed by atoms with Crippen LogP contribution in [0.5, 0.6) is 0 Å². The van der Waals surface area contributed by atoms with E-state index in [0.717, 1.165) is 0 Å². The molecule has 0 unspecified atom stereocenters. The van der Waals surface area contributed by atoms with Crippen LogP contribution < -0.4 is 0 Å². The molecule has 8 nitrogen and oxygen atoms in total. The molecule has 3 aliphatic rings. The van der Waals surface area contributed by atoms with E-state index in [-0.39, 0.29) is 48.6 Å². The number of amides is 4. The van der Waals surface area contributed by atoms with Gasteiger partial charge < -0.3 is 0 Å². The topological polar surface area (TPSA) is 81.2 Å². The van der Waals surface area contributed by atoms with Crippen LogP contribution in [0.15, 0.2) is 0 Å². The Kier molecular flexibility index (Phi) is 3.73. The first-order valence-electron chi connectivity index (χ1n) is 7.49. The van der Waals surface area contributed by atoms with E-state index in [1.54, 1.807) is 0 Å². The first kappa shape index (κ1) is 15.1. The molecule has 3 heterocycles. The van der Waals surface area contributed by atoms with Gasteiger partial charge >= 0.3 is 0 Å². The van der Waals surface area contributed by atoms with Gasteiger partial charge in [0.2, 0.25) is 23.6 Å². The molecule has 2 atom stereocenters. The van der Waals surface area contributed by atoms with E-state index < -0.39 is 0 Å². The van der Waals surface area contributed by atoms with Crippen LogP contribution in [0, 0.1) is 0 Å². The molecule has 8 heteroatoms. The van der Waals surface area contributed by atoms with E-state index >= 15 is 0 Å². The molecule has 22 heavy (non-hydrogen) atoms. The standard InChI is InChI=1S/C14H20N4O4/c1-15-11(19)7-9(13(15)21)17-3-5-18(6-4-17)10-8-12(20)16(2)14(10)22/h9-10H,3-8H2,1-2H3/t9-,10+. The van der Waals surface area contributed by atoms with E-state index in [9.17, 15) is 19.2 Å². The summed E-state index contributed by atoms with van der Waals surface area (Å²) in [6, 6.07) is -0.744. The minimum absolute atomic E-state index is 0.143. The molecule has 120 valence electrons. The highest BCUT2D eigenvalue weighted by atomic mass is 16.2. The zero-order chi connectivity index (χ0) is 16.0. The number of carbonyl (C=O) groups is 4. The number of hydrogen-bond acceptors (Lipinski definition) is 6. The Morgan fingerprint density at radius 3 is 1.23 bits per heavy atom. The molecule has 0 saturated carbocycles. The molecule has 4 amide bonds. The molecule has 3 aliphatic heterocycles. The molecule has 0 aromatic heterocycles. The van der Waals surface area contributed by atoms with Crippen LogP contribution >= 0.6 is 0 Å². The molecular weight excluding hydrogens is 288 g/mol. The lowest BCUT2D eigenvalue weighted by Crippen LogP contribution is -2.55. The monoisotopic (exact) mass is 308 g/mol. The summed E-state index contributed by atoms with van der Waals surface area (Å²) in [7, 11) is 3.03. The fraction of sp³-hybridized carbons (Fsp3) is 0.714. The second-order valence-corrected chi connectivity index (χ2v) is 6.09. The SMILES string of the molecule is CN1C(=O)C[C@@H](N2CCN([C@H]3CC(=O)N(C)C3=O)CC2)C1=O. The highest BCUT2D eigenvalue weighted by molar-refractivity contribution is 6.05. The van der Waals surface area contributed by atoms with Gasteiger partial charge in [0, 0.05) is 40.3 Å². The maximum atomic E-state index is 12.0. The van der Waals surface area contributed by atoms with Crippen molar-refractivity contribution in [3.63, 3.8) is 0 Å². The van der Waals surface area contributed by atoms with Crippen molar-refractivity contribution in [3.05, 3.63) is 0 Å². The summed E-state index contributed by atoms with van der Waals surface area (Å²) in [6.07, 6.45) is 0.470. The van der Waals surface area contributed by atoms with Gasteiger partial charge in [-0.2, -0.15) is 0 Å². The number of hydrogen-bond donors (Lipinski definition) is 0. The fourth-order valence-corrected chi connectivity index (χ4v) is 3.40. The number of likely N-dealkylation sites (tertiary alicyclic amines) is 2. The minimum atomic E-state index is -0.372. The van der Waals surface area contributed by atoms with Crippen molar-refractivity contribution in [1.29, 1.82) is 0 Å². The highest BCUT2D eigenvalue weighted by Gasteiger charge is 2.44. The van der Waals surface area contributed by atoms with Gasteiger partial charge in [0.1, 0.15) is 0 Å². The molecular formula is C14H20N4O4. The number of rotatable bonds is 2. The van der Waals surface area contributed by atoms with Crippen molar-refractivity contribution in [3.8, 4) is 0 Å². The van der Waals surface area contributed by atoms with Crippen molar-refractivity contribution < 1.29 is 19.2 Å². The molecule has 0 aliphatic carbocycles. The molecule has 0 aromatic carbocycles. The summed E-state index contributed by atoms with van der Waals surface area (Å²) >= 11 is 0. The van der Waals surface area contributed by atoms with Gasteiger partial charge in [-0.3, -0.25) is 38.8 Å². The zero-order valence-corrected chi connectivity index (χ0v) is 12.8. The van der Waals surface area contributed by atoms with Gasteiger partial charge in [-0.15, -0.1) is 0 Å². The van der Waals surface area contributed by atoms with E-state index in [1.807, 2.05) is 9.80 Å². The Hall–Kier alpha value is -1.80. The van der Waals surface area contributed by atoms with Gasteiger partial charge in [0.25, 0.3) is 0 Å². The maximum Gasteiger partial charge on any atom is 0.246 e. The molecule has 0 bridgehead atoms. The Balaban J connectivity index is 1.60. The van der Waals surface area contributed by atoms with E-state index in [4.69, 9.17) is 0 Å². The molecule has 0 radical (unpaired) electrons. The first-order valence-corrected chi connectivity index (χ1v) is 7.49. The average molecular weight is 308 g/mol. The predicted octanol–water partition coefficient (Wildman–Crippen LogP) is -1.88. The fourth-order valence-electron chi connectivity index (χ4n) is 3.40. The summed E-state index contributed by atoms with van der Waals surface area (Å²) in [5.41, 5.74) is 0. The quantitative estimate of drug-likeness (QED) is 0.555. The van der Waals surface area contributed by atoms with Crippen LogP contribution in [0.25, 0.3) is 0 Å². The molecule has 3 saturated heterocycles. The van der Waals surface area contributed by atoms with Crippen molar-refractivity contribution in [2.45, 2.75) is 24.9 Å². The minimum Gasteiger partial charge on any atom is -0.289 e. The third kappa shape index (κ3) is 2.32. The highest BCUT2D eigenvalue weighted by Crippen LogP contribution is 2.22. The van der Waals surface area contributed by atoms with E-state index in [2.05, 4.69) is 0 Å². The van der Waals surface area contributed by atoms with Gasteiger partial charge in [0.05, 0.1) is 24.9 Å². The molecule has 0 N–H and O–H groups in total. The lowest BCUT2D eigenvalue weighted by molar-refractivity contribution is -0.140. The normalized spacial score (nSPS) is 31.7. The van der Waals surface area contributed by atoms with E-state index in [1.165, 1.54) is 23.9 Å². The van der Waals surface area contributed by atoms with Crippen molar-refractivity contribution in [1.82, 2.24) is 19.6 Å². The summed E-state index contributed by atoms with van der Waals surface area (Å²) in [4.78, 5) is 53.7. The number of carbonyl (C=O) groups excluding carboxylic acids is 4. The second kappa shape index (κ2) is 5.44. The smallest absolute Gasteiger partial charge is 0.246 e. The number of likely N-dealkylation sites (N-methyl/N-ethyl adjacent to an activating group) is 2. The third-order valence-electron chi connectivity index (χ3n) is 4.95. The average Bonchev–Trinajstić information content (AvgIpc) is 2.92. The summed E-state index contributed by atoms with van der Waals surface area (Å²) in [6.45, 7) is 2.50. The van der Waals surface area contributed by atoms with Crippen molar-refractivity contribution >= 4 is 23.6 Å². The molecule has 3 fully saturated rings. The first-order chi connectivity index (χ1) is 10.4. The van der Waals surface area contributed by atoms with Gasteiger partial charge in [-0.1, -0.05) is 0 Å². The lowest BCUT2D eigenvalue weighted by atomic mass is 10.1. The van der Waals surface area contributed by atoms with Crippen LogP contribution in [0.1, 0.15) is 12.8 Å². The number of nitrogens with zero attached hydrogens (tertiary/aromatic N) is 4. The summed E-state index contributed by atoms with van der Waals surface area (Å²) in [5.74, 6) is -0.582. The van der Waals surface area contributed by atoms with Crippen LogP contribution in [0.2, 0.25) is 0 Å². The maximum absolute atomic E-state index is 12.0. The Labute approximate surface area is 128 Å². The molecule has 0 spiro atoms. The van der Waals surface area contributed by atoms with Crippen molar-refractivity contribution in [2.75, 3.05) is 40.3 Å². The lowest BCUT2D eigenvalue weighted by Gasteiger charge is -2.38. The summed E-state index contributed by atoms with van der Waals surface area (Å²) in [5, 5.41) is 0. The molecule has 0 aromatic rings. The van der Waals surface area contributed by atoms with Crippen LogP contribution in [0.4, 0.5) is 0 Å². The Morgan fingerprint density at radius 1 is 0.682 bits per heavy atom. The van der Waals surface area contributed by atoms with E-state index in [0.29, 0.717) is 26.2 Å². The molecule has 3 rings (SSSR count). The predicted molar refractivity (Wildman–Crippen MR) is 75.5 cm³/mol. The zero-order valence-electron chi connectivity index (χ0n) is 12.8. The Morgan fingerprint density at radius 2 is 1.00 bits per heavy atom. The number of imide groups is 2. The van der Waals surface area contributed by atoms with Gasteiger partial charge in [-0.05, 0) is 0 Å². The van der Waals surface area contributed by atoms with Crippen molar-refractivity contribution in [2.24, 2.45) is 0 Å². The third-order valence-corrected chi connectivity index (χ3v) is 4.95.